The number of carboxylic acid groups (broad SMARTS) is 1. The van der Waals surface area contributed by atoms with Gasteiger partial charge in [-0.05, 0) is 6.92 Å². The Morgan fingerprint density at radius 2 is 2.00 bits per heavy atom. The summed E-state index contributed by atoms with van der Waals surface area (Å²) >= 11 is 1.15. The number of amides is 1. The molecule has 2 rings (SSSR count). The molecule has 0 bridgehead atoms. The van der Waals surface area contributed by atoms with E-state index in [1.54, 1.807) is 6.92 Å². The van der Waals surface area contributed by atoms with Crippen molar-refractivity contribution in [3.63, 3.8) is 0 Å². The van der Waals surface area contributed by atoms with Crippen LogP contribution in [0.1, 0.15) is 19.8 Å². The van der Waals surface area contributed by atoms with E-state index in [-0.39, 0.29) is 23.2 Å². The number of carbonyl (C=O) groups is 3. The van der Waals surface area contributed by atoms with E-state index in [0.29, 0.717) is 25.0 Å². The summed E-state index contributed by atoms with van der Waals surface area (Å²) in [6.07, 6.45) is 0.749. The number of hydrogen-bond donors (Lipinski definition) is 3. The molecule has 0 aromatic carbocycles. The average molecular weight is 273 g/mol. The number of Topliss-reactive ketones (excluding diaryl/α,β-unsaturated/α-hetero) is 1. The van der Waals surface area contributed by atoms with Crippen molar-refractivity contribution in [2.75, 3.05) is 12.3 Å². The molecular weight excluding hydrogens is 258 g/mol. The normalized spacial score (nSPS) is 18.9. The number of aliphatic carboxylic acids is 1. The topological polar surface area (TPSA) is 114 Å². The Bertz CT molecular complexity index is 398. The highest BCUT2D eigenvalue weighted by molar-refractivity contribution is 8.00. The standard InChI is InChI=1S/C9H12O4S.C2H3NO/c1-5(9(12)13)14-4-6-7(10)2-3-8(6)11;4-2-1-3-2/h5,10H,2-4H2,1H3,(H,12,13);1H2,(H,3,4). The van der Waals surface area contributed by atoms with Crippen molar-refractivity contribution in [2.24, 2.45) is 0 Å². The molecule has 0 aromatic heterocycles. The first-order valence-corrected chi connectivity index (χ1v) is 6.52. The second-order valence-corrected chi connectivity index (χ2v) is 5.25. The van der Waals surface area contributed by atoms with Gasteiger partial charge >= 0.3 is 5.97 Å². The van der Waals surface area contributed by atoms with Crippen LogP contribution in [0.15, 0.2) is 11.3 Å². The summed E-state index contributed by atoms with van der Waals surface area (Å²) in [7, 11) is 0. The minimum Gasteiger partial charge on any atom is -0.512 e. The van der Waals surface area contributed by atoms with Gasteiger partial charge in [0, 0.05) is 24.2 Å². The van der Waals surface area contributed by atoms with Crippen LogP contribution in [-0.2, 0) is 14.4 Å². The van der Waals surface area contributed by atoms with Crippen LogP contribution < -0.4 is 5.32 Å². The molecular formula is C11H15NO5S. The van der Waals surface area contributed by atoms with Gasteiger partial charge in [-0.3, -0.25) is 14.4 Å². The summed E-state index contributed by atoms with van der Waals surface area (Å²) in [6.45, 7) is 2.16. The summed E-state index contributed by atoms with van der Waals surface area (Å²) < 4.78 is 0. The van der Waals surface area contributed by atoms with Gasteiger partial charge in [-0.1, -0.05) is 0 Å². The van der Waals surface area contributed by atoms with E-state index in [9.17, 15) is 19.5 Å². The highest BCUT2D eigenvalue weighted by Crippen LogP contribution is 2.25. The predicted molar refractivity (Wildman–Crippen MR) is 66.5 cm³/mol. The average Bonchev–Trinajstić information content (AvgIpc) is 3.02. The first-order valence-electron chi connectivity index (χ1n) is 5.47. The van der Waals surface area contributed by atoms with E-state index >= 15 is 0 Å². The van der Waals surface area contributed by atoms with Crippen LogP contribution in [0.3, 0.4) is 0 Å². The van der Waals surface area contributed by atoms with Gasteiger partial charge in [-0.25, -0.2) is 0 Å². The van der Waals surface area contributed by atoms with Crippen molar-refractivity contribution in [1.82, 2.24) is 5.32 Å². The number of aliphatic hydroxyl groups is 1. The molecule has 3 N–H and O–H groups in total. The van der Waals surface area contributed by atoms with Gasteiger partial charge in [0.05, 0.1) is 11.8 Å². The highest BCUT2D eigenvalue weighted by atomic mass is 32.2. The molecule has 1 aliphatic carbocycles. The second kappa shape index (κ2) is 6.44. The number of nitrogens with one attached hydrogen (secondary N) is 1. The molecule has 100 valence electrons. The number of aliphatic hydroxyl groups excluding tert-OH is 1. The smallest absolute Gasteiger partial charge is 0.316 e. The van der Waals surface area contributed by atoms with Crippen molar-refractivity contribution in [3.05, 3.63) is 11.3 Å². The number of ketones is 1. The molecule has 0 aromatic rings. The van der Waals surface area contributed by atoms with Crippen LogP contribution >= 0.6 is 11.8 Å². The zero-order chi connectivity index (χ0) is 13.7. The Morgan fingerprint density at radius 1 is 1.44 bits per heavy atom. The van der Waals surface area contributed by atoms with E-state index in [1.165, 1.54) is 0 Å². The lowest BCUT2D eigenvalue weighted by Gasteiger charge is -2.05. The fourth-order valence-corrected chi connectivity index (χ4v) is 2.06. The minimum absolute atomic E-state index is 0.0624. The zero-order valence-corrected chi connectivity index (χ0v) is 10.7. The fourth-order valence-electron chi connectivity index (χ4n) is 1.17. The van der Waals surface area contributed by atoms with Crippen molar-refractivity contribution >= 4 is 29.4 Å². The first kappa shape index (κ1) is 14.6. The van der Waals surface area contributed by atoms with Crippen LogP contribution in [0.2, 0.25) is 0 Å². The SMILES string of the molecule is CC(SCC1=C(O)CCC1=O)C(=O)O.O=C1CN1. The monoisotopic (exact) mass is 273 g/mol. The Kier molecular flexibility index (Phi) is 5.21. The molecule has 1 unspecified atom stereocenters. The maximum absolute atomic E-state index is 11.2. The van der Waals surface area contributed by atoms with Crippen LogP contribution in [0.5, 0.6) is 0 Å². The summed E-state index contributed by atoms with van der Waals surface area (Å²) in [5.41, 5.74) is 0.392. The molecule has 1 fully saturated rings. The van der Waals surface area contributed by atoms with Crippen LogP contribution in [0.25, 0.3) is 0 Å². The maximum Gasteiger partial charge on any atom is 0.316 e. The van der Waals surface area contributed by atoms with E-state index < -0.39 is 11.2 Å². The molecule has 1 heterocycles. The number of carbonyl (C=O) groups excluding carboxylic acids is 2. The molecule has 1 atom stereocenters. The third-order valence-corrected chi connectivity index (χ3v) is 3.58. The van der Waals surface area contributed by atoms with Gasteiger partial charge in [-0.15, -0.1) is 11.8 Å². The number of allylic oxidation sites excluding steroid dienone is 1. The fraction of sp³-hybridized carbons (Fsp3) is 0.545. The predicted octanol–water partition coefficient (Wildman–Crippen LogP) is 0.484. The molecule has 0 spiro atoms. The molecule has 6 nitrogen and oxygen atoms in total. The number of rotatable bonds is 4. The third-order valence-electron chi connectivity index (χ3n) is 2.42. The summed E-state index contributed by atoms with van der Waals surface area (Å²) in [4.78, 5) is 31.1. The first-order chi connectivity index (χ1) is 8.41. The summed E-state index contributed by atoms with van der Waals surface area (Å²) in [5.74, 6) is -0.383. The quantitative estimate of drug-likeness (QED) is 0.642. The molecule has 2 aliphatic rings. The lowest BCUT2D eigenvalue weighted by atomic mass is 10.2. The van der Waals surface area contributed by atoms with E-state index in [0.717, 1.165) is 11.8 Å². The molecule has 7 heteroatoms. The Labute approximate surface area is 108 Å². The van der Waals surface area contributed by atoms with E-state index in [1.807, 2.05) is 0 Å². The van der Waals surface area contributed by atoms with Crippen molar-refractivity contribution in [3.8, 4) is 0 Å². The Balaban J connectivity index is 0.000000341. The second-order valence-electron chi connectivity index (χ2n) is 3.92. The minimum atomic E-state index is -0.902. The van der Waals surface area contributed by atoms with Crippen LogP contribution in [0.4, 0.5) is 0 Å². The van der Waals surface area contributed by atoms with Gasteiger partial charge in [-0.2, -0.15) is 0 Å². The lowest BCUT2D eigenvalue weighted by molar-refractivity contribution is -0.136. The van der Waals surface area contributed by atoms with Gasteiger partial charge in [0.25, 0.3) is 0 Å². The van der Waals surface area contributed by atoms with Gasteiger partial charge in [0.15, 0.2) is 5.78 Å². The van der Waals surface area contributed by atoms with Crippen molar-refractivity contribution < 1.29 is 24.6 Å². The van der Waals surface area contributed by atoms with Gasteiger partial charge < -0.3 is 15.5 Å². The van der Waals surface area contributed by atoms with Crippen LogP contribution in [0, 0.1) is 0 Å². The lowest BCUT2D eigenvalue weighted by Crippen LogP contribution is -2.13. The van der Waals surface area contributed by atoms with Crippen LogP contribution in [-0.4, -0.2) is 45.4 Å². The number of carboxylic acids is 1. The molecule has 0 saturated carbocycles. The largest absolute Gasteiger partial charge is 0.512 e. The molecule has 1 saturated heterocycles. The third kappa shape index (κ3) is 4.79. The van der Waals surface area contributed by atoms with Gasteiger partial charge in [0.1, 0.15) is 5.76 Å². The van der Waals surface area contributed by atoms with E-state index in [2.05, 4.69) is 5.32 Å². The van der Waals surface area contributed by atoms with Crippen molar-refractivity contribution in [1.29, 1.82) is 0 Å². The van der Waals surface area contributed by atoms with Gasteiger partial charge in [0.2, 0.25) is 5.91 Å². The summed E-state index contributed by atoms with van der Waals surface area (Å²) in [5, 5.41) is 19.8. The highest BCUT2D eigenvalue weighted by Gasteiger charge is 2.24. The summed E-state index contributed by atoms with van der Waals surface area (Å²) in [6, 6.07) is 0. The zero-order valence-electron chi connectivity index (χ0n) is 9.93. The van der Waals surface area contributed by atoms with Crippen molar-refractivity contribution in [2.45, 2.75) is 25.0 Å². The maximum atomic E-state index is 11.2. The molecule has 18 heavy (non-hydrogen) atoms. The Hall–Kier alpha value is -1.50. The molecule has 1 amide bonds. The molecule has 0 radical (unpaired) electrons. The Morgan fingerprint density at radius 3 is 2.33 bits per heavy atom. The number of hydrogen-bond acceptors (Lipinski definition) is 5. The van der Waals surface area contributed by atoms with E-state index in [4.69, 9.17) is 5.11 Å². The molecule has 1 aliphatic heterocycles. The number of thioether (sulfide) groups is 1.